The van der Waals surface area contributed by atoms with Gasteiger partial charge in [0.05, 0.1) is 11.5 Å². The number of nitro groups is 1. The molecule has 1 amide bonds. The van der Waals surface area contributed by atoms with Crippen LogP contribution < -0.4 is 0 Å². The summed E-state index contributed by atoms with van der Waals surface area (Å²) in [6, 6.07) is 4.27. The molecular weight excluding hydrogens is 260 g/mol. The van der Waals surface area contributed by atoms with Crippen LogP contribution in [-0.4, -0.2) is 43.0 Å². The van der Waals surface area contributed by atoms with Crippen LogP contribution in [0.1, 0.15) is 10.4 Å². The number of halogens is 1. The standard InChI is InChI=1S/C11H13ClN2O4/c1-13(6-7-18-2)11(15)8-4-3-5-9(12)10(8)14(16)17/h3-5H,6-7H2,1-2H3. The van der Waals surface area contributed by atoms with Crippen LogP contribution in [0.25, 0.3) is 0 Å². The van der Waals surface area contributed by atoms with E-state index in [1.807, 2.05) is 0 Å². The van der Waals surface area contributed by atoms with E-state index in [1.54, 1.807) is 7.05 Å². The number of nitrogens with zero attached hydrogens (tertiary/aromatic N) is 2. The minimum Gasteiger partial charge on any atom is -0.383 e. The number of ether oxygens (including phenoxy) is 1. The van der Waals surface area contributed by atoms with Crippen LogP contribution in [0.4, 0.5) is 5.69 Å². The smallest absolute Gasteiger partial charge is 0.300 e. The van der Waals surface area contributed by atoms with Crippen LogP contribution in [0.3, 0.4) is 0 Å². The molecule has 0 unspecified atom stereocenters. The van der Waals surface area contributed by atoms with Gasteiger partial charge in [0.25, 0.3) is 5.91 Å². The molecule has 0 fully saturated rings. The van der Waals surface area contributed by atoms with Gasteiger partial charge in [-0.2, -0.15) is 0 Å². The zero-order valence-electron chi connectivity index (χ0n) is 10.1. The topological polar surface area (TPSA) is 72.7 Å². The molecule has 18 heavy (non-hydrogen) atoms. The number of carbonyl (C=O) groups excluding carboxylic acids is 1. The number of rotatable bonds is 5. The maximum Gasteiger partial charge on any atom is 0.300 e. The Balaban J connectivity index is 3.05. The zero-order chi connectivity index (χ0) is 13.7. The highest BCUT2D eigenvalue weighted by molar-refractivity contribution is 6.33. The maximum absolute atomic E-state index is 12.0. The van der Waals surface area contributed by atoms with Crippen LogP contribution in [-0.2, 0) is 4.74 Å². The Hall–Kier alpha value is -1.66. The van der Waals surface area contributed by atoms with Crippen LogP contribution >= 0.6 is 11.6 Å². The van der Waals surface area contributed by atoms with Gasteiger partial charge in [-0.05, 0) is 12.1 Å². The third-order valence-corrected chi connectivity index (χ3v) is 2.68. The molecule has 0 saturated heterocycles. The quantitative estimate of drug-likeness (QED) is 0.607. The number of hydrogen-bond acceptors (Lipinski definition) is 4. The number of likely N-dealkylation sites (N-methyl/N-ethyl adjacent to an activating group) is 1. The molecule has 0 aliphatic heterocycles. The summed E-state index contributed by atoms with van der Waals surface area (Å²) in [7, 11) is 3.06. The molecular formula is C11H13ClN2O4. The number of benzene rings is 1. The normalized spacial score (nSPS) is 10.2. The summed E-state index contributed by atoms with van der Waals surface area (Å²) in [4.78, 5) is 23.6. The minimum absolute atomic E-state index is 0.0221. The molecule has 0 N–H and O–H groups in total. The van der Waals surface area contributed by atoms with E-state index < -0.39 is 10.8 Å². The third kappa shape index (κ3) is 3.18. The number of hydrogen-bond donors (Lipinski definition) is 0. The van der Waals surface area contributed by atoms with Crippen molar-refractivity contribution in [2.45, 2.75) is 0 Å². The maximum atomic E-state index is 12.0. The highest BCUT2D eigenvalue weighted by Crippen LogP contribution is 2.28. The molecule has 6 nitrogen and oxygen atoms in total. The van der Waals surface area contributed by atoms with Crippen molar-refractivity contribution in [1.29, 1.82) is 0 Å². The van der Waals surface area contributed by atoms with E-state index in [2.05, 4.69) is 0 Å². The molecule has 1 rings (SSSR count). The lowest BCUT2D eigenvalue weighted by Gasteiger charge is -2.16. The fraction of sp³-hybridized carbons (Fsp3) is 0.364. The first-order valence-corrected chi connectivity index (χ1v) is 5.54. The first-order valence-electron chi connectivity index (χ1n) is 5.16. The fourth-order valence-electron chi connectivity index (χ4n) is 1.41. The third-order valence-electron chi connectivity index (χ3n) is 2.38. The van der Waals surface area contributed by atoms with Crippen molar-refractivity contribution < 1.29 is 14.5 Å². The molecule has 0 aromatic heterocycles. The van der Waals surface area contributed by atoms with Gasteiger partial charge in [0.1, 0.15) is 10.6 Å². The van der Waals surface area contributed by atoms with Crippen molar-refractivity contribution in [3.05, 3.63) is 38.9 Å². The van der Waals surface area contributed by atoms with E-state index in [1.165, 1.54) is 30.2 Å². The number of methoxy groups -OCH3 is 1. The van der Waals surface area contributed by atoms with E-state index in [4.69, 9.17) is 16.3 Å². The number of carbonyl (C=O) groups is 1. The Labute approximate surface area is 109 Å². The summed E-state index contributed by atoms with van der Waals surface area (Å²) in [5.74, 6) is -0.457. The highest BCUT2D eigenvalue weighted by atomic mass is 35.5. The second kappa shape index (κ2) is 6.32. The Bertz CT molecular complexity index is 464. The van der Waals surface area contributed by atoms with Gasteiger partial charge >= 0.3 is 5.69 Å². The molecule has 0 heterocycles. The lowest BCUT2D eigenvalue weighted by atomic mass is 10.1. The summed E-state index contributed by atoms with van der Waals surface area (Å²) in [5.41, 5.74) is -0.389. The average molecular weight is 273 g/mol. The second-order valence-corrected chi connectivity index (χ2v) is 4.02. The van der Waals surface area contributed by atoms with Gasteiger partial charge in [-0.25, -0.2) is 0 Å². The van der Waals surface area contributed by atoms with Gasteiger partial charge in [-0.3, -0.25) is 14.9 Å². The molecule has 0 bridgehead atoms. The van der Waals surface area contributed by atoms with Crippen LogP contribution in [0.5, 0.6) is 0 Å². The van der Waals surface area contributed by atoms with Crippen molar-refractivity contribution in [2.75, 3.05) is 27.3 Å². The van der Waals surface area contributed by atoms with Crippen molar-refractivity contribution in [2.24, 2.45) is 0 Å². The van der Waals surface area contributed by atoms with Crippen LogP contribution in [0, 0.1) is 10.1 Å². The summed E-state index contributed by atoms with van der Waals surface area (Å²) in [6.07, 6.45) is 0. The van der Waals surface area contributed by atoms with Gasteiger partial charge in [0, 0.05) is 20.7 Å². The van der Waals surface area contributed by atoms with Crippen molar-refractivity contribution in [3.8, 4) is 0 Å². The Morgan fingerprint density at radius 3 is 2.78 bits per heavy atom. The Morgan fingerprint density at radius 2 is 2.22 bits per heavy atom. The van der Waals surface area contributed by atoms with Crippen molar-refractivity contribution in [1.82, 2.24) is 4.90 Å². The SMILES string of the molecule is COCCN(C)C(=O)c1cccc(Cl)c1[N+](=O)[O-]. The molecule has 98 valence electrons. The molecule has 0 radical (unpaired) electrons. The van der Waals surface area contributed by atoms with E-state index in [9.17, 15) is 14.9 Å². The van der Waals surface area contributed by atoms with Crippen molar-refractivity contribution in [3.63, 3.8) is 0 Å². The lowest BCUT2D eigenvalue weighted by Crippen LogP contribution is -2.30. The van der Waals surface area contributed by atoms with Crippen molar-refractivity contribution >= 4 is 23.2 Å². The zero-order valence-corrected chi connectivity index (χ0v) is 10.8. The van der Waals surface area contributed by atoms with Crippen LogP contribution in [0.15, 0.2) is 18.2 Å². The molecule has 0 spiro atoms. The Morgan fingerprint density at radius 1 is 1.56 bits per heavy atom. The fourth-order valence-corrected chi connectivity index (χ4v) is 1.65. The van der Waals surface area contributed by atoms with Gasteiger partial charge in [-0.1, -0.05) is 17.7 Å². The monoisotopic (exact) mass is 272 g/mol. The number of amides is 1. The molecule has 0 aliphatic rings. The van der Waals surface area contributed by atoms with Gasteiger partial charge in [0.15, 0.2) is 0 Å². The number of nitro benzene ring substituents is 1. The predicted octanol–water partition coefficient (Wildman–Crippen LogP) is 1.97. The molecule has 0 atom stereocenters. The van der Waals surface area contributed by atoms with E-state index >= 15 is 0 Å². The van der Waals surface area contributed by atoms with Gasteiger partial charge in [-0.15, -0.1) is 0 Å². The molecule has 7 heteroatoms. The molecule has 1 aromatic carbocycles. The second-order valence-electron chi connectivity index (χ2n) is 3.61. The highest BCUT2D eigenvalue weighted by Gasteiger charge is 2.25. The summed E-state index contributed by atoms with van der Waals surface area (Å²) < 4.78 is 4.85. The minimum atomic E-state index is -0.653. The predicted molar refractivity (Wildman–Crippen MR) is 66.9 cm³/mol. The molecule has 1 aromatic rings. The van der Waals surface area contributed by atoms with E-state index in [0.717, 1.165) is 0 Å². The van der Waals surface area contributed by atoms with E-state index in [-0.39, 0.29) is 16.3 Å². The largest absolute Gasteiger partial charge is 0.383 e. The summed E-state index contributed by atoms with van der Waals surface area (Å²) >= 11 is 5.74. The summed E-state index contributed by atoms with van der Waals surface area (Å²) in [5, 5.41) is 10.9. The molecule has 0 saturated carbocycles. The van der Waals surface area contributed by atoms with Crippen LogP contribution in [0.2, 0.25) is 5.02 Å². The van der Waals surface area contributed by atoms with Gasteiger partial charge in [0.2, 0.25) is 0 Å². The lowest BCUT2D eigenvalue weighted by molar-refractivity contribution is -0.385. The van der Waals surface area contributed by atoms with Gasteiger partial charge < -0.3 is 9.64 Å². The summed E-state index contributed by atoms with van der Waals surface area (Å²) in [6.45, 7) is 0.704. The first-order chi connectivity index (χ1) is 8.49. The Kier molecular flexibility index (Phi) is 5.06. The average Bonchev–Trinajstić information content (AvgIpc) is 2.34. The molecule has 0 aliphatic carbocycles. The first kappa shape index (κ1) is 14.4. The number of para-hydroxylation sites is 1. The van der Waals surface area contributed by atoms with E-state index in [0.29, 0.717) is 13.2 Å².